The normalized spacial score (nSPS) is 18.0. The van der Waals surface area contributed by atoms with Gasteiger partial charge < -0.3 is 15.0 Å². The number of aromatic nitrogens is 4. The lowest BCUT2D eigenvalue weighted by Gasteiger charge is -2.34. The number of carbonyl (C=O) groups is 1. The third kappa shape index (κ3) is 5.35. The highest BCUT2D eigenvalue weighted by atomic mass is 32.2. The lowest BCUT2D eigenvalue weighted by atomic mass is 10.1. The Morgan fingerprint density at radius 2 is 1.73 bits per heavy atom. The van der Waals surface area contributed by atoms with Crippen LogP contribution in [0.25, 0.3) is 11.4 Å². The Labute approximate surface area is 238 Å². The molecule has 2 amide bonds. The van der Waals surface area contributed by atoms with Crippen molar-refractivity contribution in [1.82, 2.24) is 19.9 Å². The molecule has 12 heteroatoms. The van der Waals surface area contributed by atoms with Crippen LogP contribution >= 0.6 is 0 Å². The minimum Gasteiger partial charge on any atom is -0.377 e. The number of amides is 2. The molecule has 2 N–H and O–H groups in total. The highest BCUT2D eigenvalue weighted by Crippen LogP contribution is 2.54. The maximum absolute atomic E-state index is 13.8. The van der Waals surface area contributed by atoms with Gasteiger partial charge in [0, 0.05) is 36.3 Å². The molecule has 0 spiro atoms. The van der Waals surface area contributed by atoms with Gasteiger partial charge in [0.1, 0.15) is 16.4 Å². The summed E-state index contributed by atoms with van der Waals surface area (Å²) in [6.45, 7) is 3.78. The molecule has 1 aromatic carbocycles. The van der Waals surface area contributed by atoms with Gasteiger partial charge in [-0.05, 0) is 68.3 Å². The van der Waals surface area contributed by atoms with Crippen molar-refractivity contribution >= 4 is 33.2 Å². The number of nitrogens with zero attached hydrogens (tertiary/aromatic N) is 5. The fourth-order valence-corrected chi connectivity index (χ4v) is 6.79. The van der Waals surface area contributed by atoms with Gasteiger partial charge >= 0.3 is 6.03 Å². The van der Waals surface area contributed by atoms with E-state index < -0.39 is 20.6 Å². The standard InChI is InChI=1S/C29H29N7O4S/c1-20-19-40-17-16-36(20)25-18-23(29(12-13-29)41(38,39)26-7-3-5-15-31-26)33-27(35-25)21-8-10-22(11-9-21)32-28(37)34-24-6-2-4-14-30-24/h2-11,14-15,18,20H,12-13,16-17,19H2,1H3,(H2,30,32,34,37)/t20-/m0/s1. The van der Waals surface area contributed by atoms with Crippen molar-refractivity contribution in [1.29, 1.82) is 0 Å². The SMILES string of the molecule is C[C@H]1COCCN1c1cc(C2(S(=O)(=O)c3ccccn3)CC2)nc(-c2ccc(NC(=O)Nc3ccccn3)cc2)n1. The van der Waals surface area contributed by atoms with Crippen LogP contribution in [-0.2, 0) is 19.3 Å². The minimum atomic E-state index is -3.79. The van der Waals surface area contributed by atoms with E-state index in [1.54, 1.807) is 66.9 Å². The number of sulfone groups is 1. The summed E-state index contributed by atoms with van der Waals surface area (Å²) in [5.41, 5.74) is 1.71. The Morgan fingerprint density at radius 1 is 0.976 bits per heavy atom. The fraction of sp³-hybridized carbons (Fsp3) is 0.276. The van der Waals surface area contributed by atoms with E-state index in [1.807, 2.05) is 0 Å². The van der Waals surface area contributed by atoms with E-state index in [1.165, 1.54) is 12.3 Å². The molecule has 2 aliphatic rings. The highest BCUT2D eigenvalue weighted by Gasteiger charge is 2.58. The number of rotatable bonds is 7. The van der Waals surface area contributed by atoms with Crippen LogP contribution in [0.4, 0.5) is 22.1 Å². The molecule has 0 bridgehead atoms. The second-order valence-electron chi connectivity index (χ2n) is 10.1. The maximum Gasteiger partial charge on any atom is 0.324 e. The van der Waals surface area contributed by atoms with Gasteiger partial charge in [0.05, 0.1) is 24.9 Å². The summed E-state index contributed by atoms with van der Waals surface area (Å²) in [5.74, 6) is 1.50. The molecule has 1 aliphatic carbocycles. The summed E-state index contributed by atoms with van der Waals surface area (Å²) in [7, 11) is -3.79. The quantitative estimate of drug-likeness (QED) is 0.333. The van der Waals surface area contributed by atoms with Gasteiger partial charge in [-0.3, -0.25) is 5.32 Å². The number of carbonyl (C=O) groups excluding carboxylic acids is 1. The molecule has 1 saturated heterocycles. The minimum absolute atomic E-state index is 0.0401. The molecule has 4 heterocycles. The molecular formula is C29H29N7O4S. The average molecular weight is 572 g/mol. The van der Waals surface area contributed by atoms with Crippen LogP contribution in [0.15, 0.2) is 84.1 Å². The number of hydrogen-bond donors (Lipinski definition) is 2. The number of hydrogen-bond acceptors (Lipinski definition) is 9. The number of urea groups is 1. The second-order valence-corrected chi connectivity index (χ2v) is 12.3. The third-order valence-electron chi connectivity index (χ3n) is 7.28. The number of pyridine rings is 2. The summed E-state index contributed by atoms with van der Waals surface area (Å²) in [6.07, 6.45) is 3.99. The topological polar surface area (TPSA) is 139 Å². The highest BCUT2D eigenvalue weighted by molar-refractivity contribution is 7.92. The zero-order chi connectivity index (χ0) is 28.5. The first-order valence-electron chi connectivity index (χ1n) is 13.3. The van der Waals surface area contributed by atoms with E-state index >= 15 is 0 Å². The van der Waals surface area contributed by atoms with Crippen molar-refractivity contribution in [3.63, 3.8) is 0 Å². The predicted octanol–water partition coefficient (Wildman–Crippen LogP) is 4.27. The first-order valence-corrected chi connectivity index (χ1v) is 14.8. The van der Waals surface area contributed by atoms with Gasteiger partial charge in [-0.2, -0.15) is 0 Å². The molecule has 2 fully saturated rings. The first-order chi connectivity index (χ1) is 19.9. The Morgan fingerprint density at radius 3 is 2.39 bits per heavy atom. The van der Waals surface area contributed by atoms with Crippen molar-refractivity contribution in [3.05, 3.63) is 84.8 Å². The molecule has 41 heavy (non-hydrogen) atoms. The van der Waals surface area contributed by atoms with E-state index in [0.29, 0.717) is 67.0 Å². The van der Waals surface area contributed by atoms with Crippen LogP contribution in [0, 0.1) is 0 Å². The zero-order valence-corrected chi connectivity index (χ0v) is 23.2. The van der Waals surface area contributed by atoms with E-state index in [4.69, 9.17) is 14.7 Å². The van der Waals surface area contributed by atoms with Crippen molar-refractivity contribution in [2.75, 3.05) is 35.3 Å². The monoisotopic (exact) mass is 571 g/mol. The first kappa shape index (κ1) is 26.8. The molecule has 6 rings (SSSR count). The number of ether oxygens (including phenoxy) is 1. The van der Waals surface area contributed by atoms with Crippen LogP contribution in [0.3, 0.4) is 0 Å². The number of benzene rings is 1. The molecule has 4 aromatic rings. The average Bonchev–Trinajstić information content (AvgIpc) is 3.82. The lowest BCUT2D eigenvalue weighted by Crippen LogP contribution is -2.44. The molecule has 1 atom stereocenters. The van der Waals surface area contributed by atoms with E-state index in [0.717, 1.165) is 0 Å². The van der Waals surface area contributed by atoms with Crippen LogP contribution in [-0.4, -0.2) is 60.2 Å². The summed E-state index contributed by atoms with van der Waals surface area (Å²) >= 11 is 0. The zero-order valence-electron chi connectivity index (χ0n) is 22.4. The lowest BCUT2D eigenvalue weighted by molar-refractivity contribution is 0.0985. The number of morpholine rings is 1. The summed E-state index contributed by atoms with van der Waals surface area (Å²) in [4.78, 5) is 32.4. The summed E-state index contributed by atoms with van der Waals surface area (Å²) in [5, 5.41) is 5.50. The van der Waals surface area contributed by atoms with Gasteiger partial charge in [-0.1, -0.05) is 12.1 Å². The Balaban J connectivity index is 1.33. The van der Waals surface area contributed by atoms with Gasteiger partial charge in [0.15, 0.2) is 10.9 Å². The van der Waals surface area contributed by atoms with Gasteiger partial charge in [-0.15, -0.1) is 0 Å². The van der Waals surface area contributed by atoms with Gasteiger partial charge in [0.25, 0.3) is 0 Å². The van der Waals surface area contributed by atoms with Crippen molar-refractivity contribution in [2.45, 2.75) is 35.6 Å². The Kier molecular flexibility index (Phi) is 7.10. The largest absolute Gasteiger partial charge is 0.377 e. The molecule has 210 valence electrons. The van der Waals surface area contributed by atoms with Crippen LogP contribution < -0.4 is 15.5 Å². The molecular weight excluding hydrogens is 542 g/mol. The molecule has 3 aromatic heterocycles. The number of anilines is 3. The van der Waals surface area contributed by atoms with Crippen LogP contribution in [0.2, 0.25) is 0 Å². The maximum atomic E-state index is 13.8. The predicted molar refractivity (Wildman–Crippen MR) is 154 cm³/mol. The second kappa shape index (κ2) is 10.9. The molecule has 1 saturated carbocycles. The Bertz CT molecular complexity index is 1650. The van der Waals surface area contributed by atoms with E-state index in [-0.39, 0.29) is 11.1 Å². The van der Waals surface area contributed by atoms with Gasteiger partial charge in [0.2, 0.25) is 9.84 Å². The van der Waals surface area contributed by atoms with E-state index in [2.05, 4.69) is 32.4 Å². The van der Waals surface area contributed by atoms with Crippen molar-refractivity contribution in [2.24, 2.45) is 0 Å². The van der Waals surface area contributed by atoms with Crippen LogP contribution in [0.1, 0.15) is 25.5 Å². The van der Waals surface area contributed by atoms with Crippen molar-refractivity contribution in [3.8, 4) is 11.4 Å². The smallest absolute Gasteiger partial charge is 0.324 e. The summed E-state index contributed by atoms with van der Waals surface area (Å²) < 4.78 is 32.0. The molecule has 1 aliphatic heterocycles. The fourth-order valence-electron chi connectivity index (χ4n) is 4.91. The molecule has 0 unspecified atom stereocenters. The number of nitrogens with one attached hydrogen (secondary N) is 2. The van der Waals surface area contributed by atoms with Crippen molar-refractivity contribution < 1.29 is 17.9 Å². The molecule has 0 radical (unpaired) electrons. The van der Waals surface area contributed by atoms with Crippen LogP contribution in [0.5, 0.6) is 0 Å². The Hall–Kier alpha value is -4.42. The van der Waals surface area contributed by atoms with Gasteiger partial charge in [-0.25, -0.2) is 33.1 Å². The third-order valence-corrected chi connectivity index (χ3v) is 9.72. The summed E-state index contributed by atoms with van der Waals surface area (Å²) in [6, 6.07) is 18.7. The molecule has 11 nitrogen and oxygen atoms in total. The van der Waals surface area contributed by atoms with E-state index in [9.17, 15) is 13.2 Å².